The Labute approximate surface area is 254 Å². The summed E-state index contributed by atoms with van der Waals surface area (Å²) in [5, 5.41) is 3.42. The van der Waals surface area contributed by atoms with Crippen molar-refractivity contribution in [2.75, 3.05) is 13.2 Å². The lowest BCUT2D eigenvalue weighted by Crippen LogP contribution is -2.48. The lowest BCUT2D eigenvalue weighted by atomic mass is 10.1. The fourth-order valence-electron chi connectivity index (χ4n) is 4.79. The highest BCUT2D eigenvalue weighted by Crippen LogP contribution is 2.31. The first kappa shape index (κ1) is 33.4. The van der Waals surface area contributed by atoms with Crippen molar-refractivity contribution < 1.29 is 33.4 Å². The van der Waals surface area contributed by atoms with Crippen molar-refractivity contribution in [1.82, 2.24) is 14.8 Å². The number of rotatable bonds is 7. The van der Waals surface area contributed by atoms with E-state index in [0.29, 0.717) is 48.0 Å². The highest BCUT2D eigenvalue weighted by Gasteiger charge is 2.37. The first-order valence-corrected chi connectivity index (χ1v) is 14.7. The van der Waals surface area contributed by atoms with Crippen LogP contribution in [-0.4, -0.2) is 63.9 Å². The Hall–Kier alpha value is -4.08. The van der Waals surface area contributed by atoms with Gasteiger partial charge in [0.2, 0.25) is 5.91 Å². The molecule has 43 heavy (non-hydrogen) atoms. The molecule has 234 valence electrons. The van der Waals surface area contributed by atoms with Gasteiger partial charge in [0.25, 0.3) is 0 Å². The molecule has 1 fully saturated rings. The maximum atomic E-state index is 13.6. The van der Waals surface area contributed by atoms with E-state index in [2.05, 4.69) is 5.32 Å². The van der Waals surface area contributed by atoms with Gasteiger partial charge in [-0.05, 0) is 87.3 Å². The van der Waals surface area contributed by atoms with E-state index in [1.54, 1.807) is 54.5 Å². The second-order valence-corrected chi connectivity index (χ2v) is 12.8. The Balaban J connectivity index is 2.14. The minimum Gasteiger partial charge on any atom is -0.461 e. The summed E-state index contributed by atoms with van der Waals surface area (Å²) in [6.45, 7) is 16.7. The molecule has 1 saturated heterocycles. The van der Waals surface area contributed by atoms with E-state index in [-0.39, 0.29) is 12.3 Å². The molecule has 0 radical (unpaired) electrons. The van der Waals surface area contributed by atoms with Crippen LogP contribution < -0.4 is 5.32 Å². The molecule has 1 atom stereocenters. The topological polar surface area (TPSA) is 116 Å². The lowest BCUT2D eigenvalue weighted by Gasteiger charge is -2.28. The van der Waals surface area contributed by atoms with E-state index in [0.717, 1.165) is 5.57 Å². The lowest BCUT2D eigenvalue weighted by molar-refractivity contribution is -0.140. The van der Waals surface area contributed by atoms with E-state index < -0.39 is 41.3 Å². The Morgan fingerprint density at radius 1 is 0.977 bits per heavy atom. The van der Waals surface area contributed by atoms with Crippen LogP contribution in [0.25, 0.3) is 17.0 Å². The van der Waals surface area contributed by atoms with Crippen LogP contribution in [0.1, 0.15) is 86.4 Å². The Morgan fingerprint density at radius 3 is 2.21 bits per heavy atom. The molecule has 0 bridgehead atoms. The van der Waals surface area contributed by atoms with Gasteiger partial charge in [0.1, 0.15) is 22.9 Å². The number of allylic oxidation sites excluding steroid dienone is 2. The van der Waals surface area contributed by atoms with E-state index in [9.17, 15) is 19.2 Å². The second kappa shape index (κ2) is 13.5. The number of ether oxygens (including phenoxy) is 3. The fourth-order valence-corrected chi connectivity index (χ4v) is 4.79. The smallest absolute Gasteiger partial charge is 0.419 e. The Bertz CT molecular complexity index is 1430. The largest absolute Gasteiger partial charge is 0.461 e. The summed E-state index contributed by atoms with van der Waals surface area (Å²) in [5.41, 5.74) is 1.23. The third kappa shape index (κ3) is 8.72. The maximum absolute atomic E-state index is 13.6. The van der Waals surface area contributed by atoms with Crippen LogP contribution in [0.15, 0.2) is 41.6 Å². The van der Waals surface area contributed by atoms with Gasteiger partial charge in [0, 0.05) is 29.6 Å². The van der Waals surface area contributed by atoms with Crippen LogP contribution in [-0.2, 0) is 30.2 Å². The molecule has 2 amide bonds. The summed E-state index contributed by atoms with van der Waals surface area (Å²) in [4.78, 5) is 54.5. The molecule has 3 rings (SSSR count). The number of hydrogen-bond donors (Lipinski definition) is 1. The number of para-hydroxylation sites is 1. The highest BCUT2D eigenvalue weighted by atomic mass is 16.6. The number of likely N-dealkylation sites (tertiary alicyclic amines) is 1. The zero-order valence-electron chi connectivity index (χ0n) is 26.8. The molecule has 0 saturated carbocycles. The van der Waals surface area contributed by atoms with Gasteiger partial charge in [-0.15, -0.1) is 0 Å². The van der Waals surface area contributed by atoms with E-state index in [1.807, 2.05) is 44.2 Å². The van der Waals surface area contributed by atoms with Crippen LogP contribution in [0.5, 0.6) is 0 Å². The molecule has 10 heteroatoms. The van der Waals surface area contributed by atoms with Crippen LogP contribution in [0.2, 0.25) is 0 Å². The predicted molar refractivity (Wildman–Crippen MR) is 165 cm³/mol. The molecule has 1 aliphatic heterocycles. The van der Waals surface area contributed by atoms with Crippen molar-refractivity contribution in [3.05, 3.63) is 52.9 Å². The molecule has 0 unspecified atom stereocenters. The normalized spacial score (nSPS) is 15.7. The number of amides is 2. The minimum absolute atomic E-state index is 0.0871. The van der Waals surface area contributed by atoms with Crippen LogP contribution >= 0.6 is 0 Å². The SMILES string of the molecule is CCOC(=O)/C(=C/c1c(CC=C(C)C)n(C(=O)OC(C)(C)C)c2ccccc12)NC(=O)[C@@H]1CCCN1C(=O)OC(C)(C)C. The Morgan fingerprint density at radius 2 is 1.60 bits per heavy atom. The molecule has 1 aromatic heterocycles. The van der Waals surface area contributed by atoms with Gasteiger partial charge in [0.05, 0.1) is 12.1 Å². The van der Waals surface area contributed by atoms with Crippen LogP contribution in [0.3, 0.4) is 0 Å². The van der Waals surface area contributed by atoms with Gasteiger partial charge in [-0.1, -0.05) is 29.8 Å². The van der Waals surface area contributed by atoms with Crippen molar-refractivity contribution in [3.8, 4) is 0 Å². The third-order valence-corrected chi connectivity index (χ3v) is 6.52. The van der Waals surface area contributed by atoms with Gasteiger partial charge in [0.15, 0.2) is 0 Å². The fraction of sp³-hybridized carbons (Fsp3) is 0.515. The number of nitrogens with one attached hydrogen (secondary N) is 1. The summed E-state index contributed by atoms with van der Waals surface area (Å²) in [6.07, 6.45) is 3.78. The van der Waals surface area contributed by atoms with Crippen molar-refractivity contribution in [1.29, 1.82) is 0 Å². The van der Waals surface area contributed by atoms with Gasteiger partial charge >= 0.3 is 18.2 Å². The van der Waals surface area contributed by atoms with Gasteiger partial charge in [-0.2, -0.15) is 0 Å². The van der Waals surface area contributed by atoms with Gasteiger partial charge < -0.3 is 19.5 Å². The van der Waals surface area contributed by atoms with Gasteiger partial charge in [-0.3, -0.25) is 9.69 Å². The quantitative estimate of drug-likeness (QED) is 0.172. The van der Waals surface area contributed by atoms with Gasteiger partial charge in [-0.25, -0.2) is 19.0 Å². The van der Waals surface area contributed by atoms with Crippen molar-refractivity contribution in [2.45, 2.75) is 98.8 Å². The molecule has 1 aliphatic rings. The highest BCUT2D eigenvalue weighted by molar-refractivity contribution is 6.04. The molecular weight excluding hydrogens is 550 g/mol. The van der Waals surface area contributed by atoms with Crippen molar-refractivity contribution in [3.63, 3.8) is 0 Å². The van der Waals surface area contributed by atoms with E-state index in [4.69, 9.17) is 14.2 Å². The number of esters is 1. The van der Waals surface area contributed by atoms with Crippen LogP contribution in [0.4, 0.5) is 9.59 Å². The molecule has 0 aliphatic carbocycles. The summed E-state index contributed by atoms with van der Waals surface area (Å²) < 4.78 is 18.1. The van der Waals surface area contributed by atoms with E-state index >= 15 is 0 Å². The molecule has 0 spiro atoms. The number of nitrogens with zero attached hydrogens (tertiary/aromatic N) is 2. The Kier molecular flexibility index (Phi) is 10.5. The molecule has 10 nitrogen and oxygen atoms in total. The zero-order chi connectivity index (χ0) is 32.1. The van der Waals surface area contributed by atoms with Crippen LogP contribution in [0, 0.1) is 0 Å². The minimum atomic E-state index is -0.819. The number of hydrogen-bond acceptors (Lipinski definition) is 7. The molecular formula is C33H45N3O7. The zero-order valence-corrected chi connectivity index (χ0v) is 26.8. The number of aromatic nitrogens is 1. The van der Waals surface area contributed by atoms with Crippen molar-refractivity contribution >= 4 is 41.0 Å². The monoisotopic (exact) mass is 595 g/mol. The van der Waals surface area contributed by atoms with E-state index in [1.165, 1.54) is 9.47 Å². The first-order chi connectivity index (χ1) is 20.0. The standard InChI is InChI=1S/C33H45N3O7/c1-10-41-29(38)24(34-28(37)27-16-13-19-35(27)30(39)42-32(4,5)6)20-23-22-14-11-12-15-25(22)36(26(23)18-17-21(2)3)31(40)43-33(7,8)9/h11-12,14-15,17,20,27H,10,13,16,18-19H2,1-9H3,(H,34,37)/b24-20-/t27-/m0/s1. The molecule has 1 N–H and O–H groups in total. The number of carbonyl (C=O) groups is 4. The predicted octanol–water partition coefficient (Wildman–Crippen LogP) is 6.35. The second-order valence-electron chi connectivity index (χ2n) is 12.8. The number of fused-ring (bicyclic) bond motifs is 1. The molecule has 1 aromatic carbocycles. The number of benzene rings is 1. The summed E-state index contributed by atoms with van der Waals surface area (Å²) >= 11 is 0. The summed E-state index contributed by atoms with van der Waals surface area (Å²) in [7, 11) is 0. The number of carbonyl (C=O) groups excluding carboxylic acids is 4. The average molecular weight is 596 g/mol. The maximum Gasteiger partial charge on any atom is 0.419 e. The average Bonchev–Trinajstić information content (AvgIpc) is 3.49. The first-order valence-electron chi connectivity index (χ1n) is 14.7. The molecule has 2 heterocycles. The van der Waals surface area contributed by atoms with Crippen molar-refractivity contribution in [2.24, 2.45) is 0 Å². The molecule has 2 aromatic rings. The summed E-state index contributed by atoms with van der Waals surface area (Å²) in [6, 6.07) is 6.49. The third-order valence-electron chi connectivity index (χ3n) is 6.52. The summed E-state index contributed by atoms with van der Waals surface area (Å²) in [5.74, 6) is -1.26.